The lowest BCUT2D eigenvalue weighted by Crippen LogP contribution is -2.45. The highest BCUT2D eigenvalue weighted by atomic mass is 35.5. The van der Waals surface area contributed by atoms with E-state index in [4.69, 9.17) is 11.6 Å². The van der Waals surface area contributed by atoms with Gasteiger partial charge in [0, 0.05) is 55.3 Å². The molecule has 2 heterocycles. The van der Waals surface area contributed by atoms with Gasteiger partial charge >= 0.3 is 0 Å². The number of amides is 1. The van der Waals surface area contributed by atoms with Crippen molar-refractivity contribution in [3.8, 4) is 0 Å². The number of carbonyl (C=O) groups is 1. The van der Waals surface area contributed by atoms with Gasteiger partial charge in [0.2, 0.25) is 5.91 Å². The first-order chi connectivity index (χ1) is 13.1. The largest absolute Gasteiger partial charge is 0.354 e. The van der Waals surface area contributed by atoms with Gasteiger partial charge in [-0.1, -0.05) is 29.8 Å². The van der Waals surface area contributed by atoms with Crippen molar-refractivity contribution in [2.75, 3.05) is 43.9 Å². The van der Waals surface area contributed by atoms with Gasteiger partial charge in [-0.15, -0.1) is 11.8 Å². The van der Waals surface area contributed by atoms with Crippen molar-refractivity contribution in [1.29, 1.82) is 0 Å². The van der Waals surface area contributed by atoms with Crippen LogP contribution in [0.1, 0.15) is 11.1 Å². The Hall–Kier alpha value is -1.76. The average molecular weight is 405 g/mol. The molecule has 1 aromatic carbocycles. The minimum atomic E-state index is 0.0372. The van der Waals surface area contributed by atoms with Gasteiger partial charge in [0.25, 0.3) is 0 Å². The number of pyridine rings is 1. The zero-order valence-electron chi connectivity index (χ0n) is 15.5. The number of anilines is 1. The van der Waals surface area contributed by atoms with Crippen LogP contribution in [0.4, 0.5) is 5.82 Å². The summed E-state index contributed by atoms with van der Waals surface area (Å²) in [5, 5.41) is 3.75. The Balaban J connectivity index is 1.47. The highest BCUT2D eigenvalue weighted by Gasteiger charge is 2.18. The van der Waals surface area contributed by atoms with Gasteiger partial charge < -0.3 is 15.1 Å². The van der Waals surface area contributed by atoms with Crippen LogP contribution in [0.3, 0.4) is 0 Å². The molecule has 1 aliphatic rings. The van der Waals surface area contributed by atoms with E-state index in [1.165, 1.54) is 0 Å². The van der Waals surface area contributed by atoms with Crippen molar-refractivity contribution in [1.82, 2.24) is 15.2 Å². The molecular formula is C20H25ClN4OS. The van der Waals surface area contributed by atoms with E-state index in [1.807, 2.05) is 42.6 Å². The number of hydrogen-bond acceptors (Lipinski definition) is 5. The molecule has 1 saturated heterocycles. The molecule has 0 spiro atoms. The van der Waals surface area contributed by atoms with Gasteiger partial charge in [-0.3, -0.25) is 4.79 Å². The Morgan fingerprint density at radius 1 is 1.22 bits per heavy atom. The topological polar surface area (TPSA) is 48.5 Å². The van der Waals surface area contributed by atoms with Crippen molar-refractivity contribution >= 4 is 35.1 Å². The lowest BCUT2D eigenvalue weighted by molar-refractivity contribution is -0.118. The predicted molar refractivity (Wildman–Crippen MR) is 113 cm³/mol. The van der Waals surface area contributed by atoms with E-state index in [2.05, 4.69) is 27.1 Å². The molecule has 0 aliphatic carbocycles. The predicted octanol–water partition coefficient (Wildman–Crippen LogP) is 3.04. The molecule has 0 bridgehead atoms. The first-order valence-electron chi connectivity index (χ1n) is 9.08. The van der Waals surface area contributed by atoms with Crippen LogP contribution in [0.2, 0.25) is 5.02 Å². The summed E-state index contributed by atoms with van der Waals surface area (Å²) in [5.41, 5.74) is 2.19. The maximum absolute atomic E-state index is 12.2. The van der Waals surface area contributed by atoms with E-state index in [0.29, 0.717) is 12.3 Å². The summed E-state index contributed by atoms with van der Waals surface area (Å²) < 4.78 is 0. The Bertz CT molecular complexity index is 765. The molecule has 2 aromatic rings. The second-order valence-electron chi connectivity index (χ2n) is 6.68. The zero-order chi connectivity index (χ0) is 19.1. The second kappa shape index (κ2) is 9.97. The normalized spacial score (nSPS) is 15.0. The Labute approximate surface area is 170 Å². The molecule has 1 aromatic heterocycles. The number of hydrogen-bond donors (Lipinski definition) is 1. The molecule has 7 heteroatoms. The smallest absolute Gasteiger partial charge is 0.230 e. The maximum Gasteiger partial charge on any atom is 0.230 e. The monoisotopic (exact) mass is 404 g/mol. The van der Waals surface area contributed by atoms with Crippen molar-refractivity contribution in [2.45, 2.75) is 12.3 Å². The van der Waals surface area contributed by atoms with Crippen molar-refractivity contribution in [3.05, 3.63) is 58.7 Å². The van der Waals surface area contributed by atoms with Gasteiger partial charge in [0.05, 0.1) is 5.75 Å². The zero-order valence-corrected chi connectivity index (χ0v) is 17.1. The van der Waals surface area contributed by atoms with Crippen molar-refractivity contribution in [3.63, 3.8) is 0 Å². The summed E-state index contributed by atoms with van der Waals surface area (Å²) in [7, 11) is 2.14. The molecule has 3 rings (SSSR count). The lowest BCUT2D eigenvalue weighted by Gasteiger charge is -2.34. The van der Waals surface area contributed by atoms with Gasteiger partial charge in [-0.2, -0.15) is 0 Å². The summed E-state index contributed by atoms with van der Waals surface area (Å²) >= 11 is 7.58. The van der Waals surface area contributed by atoms with Crippen LogP contribution < -0.4 is 10.2 Å². The summed E-state index contributed by atoms with van der Waals surface area (Å²) in [4.78, 5) is 21.4. The van der Waals surface area contributed by atoms with E-state index in [1.54, 1.807) is 11.8 Å². The first-order valence-corrected chi connectivity index (χ1v) is 10.6. The van der Waals surface area contributed by atoms with E-state index >= 15 is 0 Å². The summed E-state index contributed by atoms with van der Waals surface area (Å²) in [5.74, 6) is 2.22. The first kappa shape index (κ1) is 20.0. The highest BCUT2D eigenvalue weighted by Crippen LogP contribution is 2.19. The molecular weight excluding hydrogens is 380 g/mol. The number of nitrogens with one attached hydrogen (secondary N) is 1. The third-order valence-corrected chi connectivity index (χ3v) is 5.78. The Morgan fingerprint density at radius 3 is 2.81 bits per heavy atom. The van der Waals surface area contributed by atoms with E-state index < -0.39 is 0 Å². The number of halogens is 1. The van der Waals surface area contributed by atoms with Crippen LogP contribution in [0, 0.1) is 0 Å². The summed E-state index contributed by atoms with van der Waals surface area (Å²) in [6, 6.07) is 11.7. The fourth-order valence-corrected chi connectivity index (χ4v) is 4.02. The molecule has 0 saturated carbocycles. The number of likely N-dealkylation sites (N-methyl/N-ethyl adjacent to an activating group) is 1. The van der Waals surface area contributed by atoms with Crippen LogP contribution in [0.15, 0.2) is 42.6 Å². The minimum absolute atomic E-state index is 0.0372. The molecule has 144 valence electrons. The van der Waals surface area contributed by atoms with E-state index in [-0.39, 0.29) is 5.91 Å². The van der Waals surface area contributed by atoms with E-state index in [0.717, 1.165) is 53.9 Å². The standard InChI is InChI=1S/C20H25ClN4OS/c1-24-8-10-25(11-9-24)20-17(5-3-7-22-20)13-23-19(26)15-27-14-16-4-2-6-18(21)12-16/h2-7,12H,8-11,13-15H2,1H3,(H,23,26). The second-order valence-corrected chi connectivity index (χ2v) is 8.10. The molecule has 1 fully saturated rings. The third kappa shape index (κ3) is 6.13. The number of piperazine rings is 1. The molecule has 1 aliphatic heterocycles. The summed E-state index contributed by atoms with van der Waals surface area (Å²) in [6.07, 6.45) is 1.82. The van der Waals surface area contributed by atoms with Crippen molar-refractivity contribution in [2.24, 2.45) is 0 Å². The maximum atomic E-state index is 12.2. The van der Waals surface area contributed by atoms with Crippen LogP contribution in [0.25, 0.3) is 0 Å². The molecule has 1 amide bonds. The van der Waals surface area contributed by atoms with Crippen LogP contribution >= 0.6 is 23.4 Å². The lowest BCUT2D eigenvalue weighted by atomic mass is 10.2. The number of thioether (sulfide) groups is 1. The van der Waals surface area contributed by atoms with Crippen LogP contribution in [0.5, 0.6) is 0 Å². The van der Waals surface area contributed by atoms with Gasteiger partial charge in [0.1, 0.15) is 5.82 Å². The fourth-order valence-electron chi connectivity index (χ4n) is 3.00. The molecule has 1 N–H and O–H groups in total. The highest BCUT2D eigenvalue weighted by molar-refractivity contribution is 7.99. The average Bonchev–Trinajstić information content (AvgIpc) is 2.67. The molecule has 0 radical (unpaired) electrons. The van der Waals surface area contributed by atoms with Gasteiger partial charge in [-0.25, -0.2) is 4.98 Å². The molecule has 27 heavy (non-hydrogen) atoms. The van der Waals surface area contributed by atoms with Crippen LogP contribution in [-0.4, -0.2) is 54.8 Å². The van der Waals surface area contributed by atoms with Gasteiger partial charge in [0.15, 0.2) is 0 Å². The number of nitrogens with zero attached hydrogens (tertiary/aromatic N) is 3. The quantitative estimate of drug-likeness (QED) is 0.768. The molecule has 5 nitrogen and oxygen atoms in total. The third-order valence-electron chi connectivity index (χ3n) is 4.54. The molecule has 0 unspecified atom stereocenters. The summed E-state index contributed by atoms with van der Waals surface area (Å²) in [6.45, 7) is 4.49. The SMILES string of the molecule is CN1CCN(c2ncccc2CNC(=O)CSCc2cccc(Cl)c2)CC1. The number of benzene rings is 1. The minimum Gasteiger partial charge on any atom is -0.354 e. The van der Waals surface area contributed by atoms with E-state index in [9.17, 15) is 4.79 Å². The number of rotatable bonds is 7. The van der Waals surface area contributed by atoms with Gasteiger partial charge in [-0.05, 0) is 30.8 Å². The fraction of sp³-hybridized carbons (Fsp3) is 0.400. The van der Waals surface area contributed by atoms with Crippen molar-refractivity contribution < 1.29 is 4.79 Å². The Morgan fingerprint density at radius 2 is 2.04 bits per heavy atom. The Kier molecular flexibility index (Phi) is 7.38. The number of aromatic nitrogens is 1. The molecule has 0 atom stereocenters. The number of carbonyl (C=O) groups excluding carboxylic acids is 1. The van der Waals surface area contributed by atoms with Crippen LogP contribution in [-0.2, 0) is 17.1 Å².